The SMILES string of the molecule is Cc1noc(C)c1C(=O)NC(CC(C)C)c1nnc2ccccn12. The smallest absolute Gasteiger partial charge is 0.257 e. The van der Waals surface area contributed by atoms with E-state index in [1.807, 2.05) is 28.8 Å². The lowest BCUT2D eigenvalue weighted by Gasteiger charge is -2.19. The molecule has 24 heavy (non-hydrogen) atoms. The lowest BCUT2D eigenvalue weighted by Crippen LogP contribution is -2.31. The number of hydrogen-bond donors (Lipinski definition) is 1. The molecule has 3 heterocycles. The molecule has 7 heteroatoms. The highest BCUT2D eigenvalue weighted by molar-refractivity contribution is 5.96. The molecule has 0 bridgehead atoms. The number of pyridine rings is 1. The summed E-state index contributed by atoms with van der Waals surface area (Å²) < 4.78 is 7.00. The summed E-state index contributed by atoms with van der Waals surface area (Å²) in [5.74, 6) is 1.42. The van der Waals surface area contributed by atoms with Crippen LogP contribution in [0.4, 0.5) is 0 Å². The van der Waals surface area contributed by atoms with Crippen LogP contribution >= 0.6 is 0 Å². The Balaban J connectivity index is 1.94. The Bertz CT molecular complexity index is 845. The molecule has 0 saturated heterocycles. The molecule has 0 aliphatic carbocycles. The zero-order chi connectivity index (χ0) is 17.3. The van der Waals surface area contributed by atoms with Gasteiger partial charge in [0.2, 0.25) is 0 Å². The molecule has 0 fully saturated rings. The number of amides is 1. The molecule has 7 nitrogen and oxygen atoms in total. The Morgan fingerprint density at radius 3 is 2.75 bits per heavy atom. The average molecular weight is 327 g/mol. The van der Waals surface area contributed by atoms with Crippen molar-refractivity contribution in [3.05, 3.63) is 47.2 Å². The average Bonchev–Trinajstić information content (AvgIpc) is 3.09. The lowest BCUT2D eigenvalue weighted by atomic mass is 10.0. The van der Waals surface area contributed by atoms with Gasteiger partial charge in [-0.2, -0.15) is 0 Å². The van der Waals surface area contributed by atoms with Gasteiger partial charge in [0, 0.05) is 6.20 Å². The van der Waals surface area contributed by atoms with Crippen LogP contribution in [0.15, 0.2) is 28.9 Å². The molecule has 0 aliphatic rings. The van der Waals surface area contributed by atoms with Crippen molar-refractivity contribution in [3.8, 4) is 0 Å². The van der Waals surface area contributed by atoms with Gasteiger partial charge in [0.1, 0.15) is 11.3 Å². The van der Waals surface area contributed by atoms with E-state index in [1.165, 1.54) is 0 Å². The highest BCUT2D eigenvalue weighted by Crippen LogP contribution is 2.22. The summed E-state index contributed by atoms with van der Waals surface area (Å²) in [4.78, 5) is 12.7. The summed E-state index contributed by atoms with van der Waals surface area (Å²) >= 11 is 0. The van der Waals surface area contributed by atoms with Gasteiger partial charge in [0.25, 0.3) is 5.91 Å². The number of nitrogens with one attached hydrogen (secondary N) is 1. The molecular formula is C17H21N5O2. The Morgan fingerprint density at radius 2 is 2.08 bits per heavy atom. The second kappa shape index (κ2) is 6.43. The van der Waals surface area contributed by atoms with Crippen molar-refractivity contribution in [1.82, 2.24) is 25.1 Å². The largest absolute Gasteiger partial charge is 0.361 e. The number of hydrogen-bond acceptors (Lipinski definition) is 5. The Kier molecular flexibility index (Phi) is 4.33. The second-order valence-corrected chi connectivity index (χ2v) is 6.34. The molecule has 1 unspecified atom stereocenters. The zero-order valence-corrected chi connectivity index (χ0v) is 14.3. The van der Waals surface area contributed by atoms with Crippen LogP contribution in [0.3, 0.4) is 0 Å². The molecule has 0 aromatic carbocycles. The van der Waals surface area contributed by atoms with Gasteiger partial charge in [-0.25, -0.2) is 0 Å². The minimum absolute atomic E-state index is 0.204. The number of aryl methyl sites for hydroxylation is 2. The fraction of sp³-hybridized carbons (Fsp3) is 0.412. The van der Waals surface area contributed by atoms with Gasteiger partial charge >= 0.3 is 0 Å². The summed E-state index contributed by atoms with van der Waals surface area (Å²) in [6, 6.07) is 5.47. The predicted octanol–water partition coefficient (Wildman–Crippen LogP) is 2.85. The van der Waals surface area contributed by atoms with E-state index >= 15 is 0 Å². The minimum Gasteiger partial charge on any atom is -0.361 e. The van der Waals surface area contributed by atoms with Gasteiger partial charge in [0.15, 0.2) is 11.5 Å². The number of fused-ring (bicyclic) bond motifs is 1. The van der Waals surface area contributed by atoms with Gasteiger partial charge in [-0.3, -0.25) is 9.20 Å². The molecule has 1 atom stereocenters. The second-order valence-electron chi connectivity index (χ2n) is 6.34. The number of aromatic nitrogens is 4. The van der Waals surface area contributed by atoms with E-state index in [0.717, 1.165) is 17.9 Å². The molecule has 3 rings (SSSR count). The Morgan fingerprint density at radius 1 is 1.29 bits per heavy atom. The van der Waals surface area contributed by atoms with Gasteiger partial charge in [-0.05, 0) is 38.3 Å². The van der Waals surface area contributed by atoms with E-state index in [2.05, 4.69) is 34.5 Å². The highest BCUT2D eigenvalue weighted by atomic mass is 16.5. The first-order chi connectivity index (χ1) is 11.5. The topological polar surface area (TPSA) is 85.3 Å². The molecule has 3 aromatic heterocycles. The zero-order valence-electron chi connectivity index (χ0n) is 14.3. The van der Waals surface area contributed by atoms with Crippen molar-refractivity contribution >= 4 is 11.6 Å². The molecule has 0 radical (unpaired) electrons. The van der Waals surface area contributed by atoms with E-state index in [1.54, 1.807) is 13.8 Å². The quantitative estimate of drug-likeness (QED) is 0.779. The molecule has 126 valence electrons. The van der Waals surface area contributed by atoms with Crippen LogP contribution in [0.25, 0.3) is 5.65 Å². The maximum Gasteiger partial charge on any atom is 0.257 e. The monoisotopic (exact) mass is 327 g/mol. The van der Waals surface area contributed by atoms with Crippen molar-refractivity contribution in [2.45, 2.75) is 40.2 Å². The maximum atomic E-state index is 12.7. The van der Waals surface area contributed by atoms with E-state index < -0.39 is 0 Å². The minimum atomic E-state index is -0.247. The first-order valence-electron chi connectivity index (χ1n) is 8.00. The van der Waals surface area contributed by atoms with Crippen molar-refractivity contribution in [2.24, 2.45) is 5.92 Å². The van der Waals surface area contributed by atoms with Crippen LogP contribution in [0.1, 0.15) is 53.9 Å². The van der Waals surface area contributed by atoms with E-state index in [-0.39, 0.29) is 11.9 Å². The predicted molar refractivity (Wildman–Crippen MR) is 88.6 cm³/mol. The van der Waals surface area contributed by atoms with Gasteiger partial charge in [-0.15, -0.1) is 10.2 Å². The molecule has 1 amide bonds. The Labute approximate surface area is 140 Å². The summed E-state index contributed by atoms with van der Waals surface area (Å²) in [6.07, 6.45) is 2.66. The van der Waals surface area contributed by atoms with E-state index in [4.69, 9.17) is 4.52 Å². The fourth-order valence-corrected chi connectivity index (χ4v) is 2.84. The van der Waals surface area contributed by atoms with Crippen molar-refractivity contribution in [2.75, 3.05) is 0 Å². The van der Waals surface area contributed by atoms with Gasteiger partial charge < -0.3 is 9.84 Å². The van der Waals surface area contributed by atoms with Crippen LogP contribution in [-0.4, -0.2) is 25.7 Å². The molecule has 3 aromatic rings. The molecule has 1 N–H and O–H groups in total. The summed E-state index contributed by atoms with van der Waals surface area (Å²) in [7, 11) is 0. The maximum absolute atomic E-state index is 12.7. The summed E-state index contributed by atoms with van der Waals surface area (Å²) in [6.45, 7) is 7.71. The molecule has 0 saturated carbocycles. The summed E-state index contributed by atoms with van der Waals surface area (Å²) in [5, 5.41) is 15.4. The molecular weight excluding hydrogens is 306 g/mol. The van der Waals surface area contributed by atoms with Gasteiger partial charge in [-0.1, -0.05) is 25.1 Å². The third-order valence-electron chi connectivity index (χ3n) is 3.92. The number of rotatable bonds is 5. The Hall–Kier alpha value is -2.70. The van der Waals surface area contributed by atoms with Crippen LogP contribution in [0.5, 0.6) is 0 Å². The summed E-state index contributed by atoms with van der Waals surface area (Å²) in [5.41, 5.74) is 1.82. The third kappa shape index (κ3) is 3.02. The molecule has 0 spiro atoms. The first-order valence-corrected chi connectivity index (χ1v) is 8.00. The van der Waals surface area contributed by atoms with Crippen LogP contribution in [-0.2, 0) is 0 Å². The van der Waals surface area contributed by atoms with Crippen molar-refractivity contribution in [3.63, 3.8) is 0 Å². The lowest BCUT2D eigenvalue weighted by molar-refractivity contribution is 0.0927. The van der Waals surface area contributed by atoms with E-state index in [0.29, 0.717) is 22.9 Å². The van der Waals surface area contributed by atoms with E-state index in [9.17, 15) is 4.79 Å². The number of carbonyl (C=O) groups is 1. The van der Waals surface area contributed by atoms with Crippen LogP contribution < -0.4 is 5.32 Å². The first kappa shape index (κ1) is 16.2. The highest BCUT2D eigenvalue weighted by Gasteiger charge is 2.25. The number of carbonyl (C=O) groups excluding carboxylic acids is 1. The third-order valence-corrected chi connectivity index (χ3v) is 3.92. The number of nitrogens with zero attached hydrogens (tertiary/aromatic N) is 4. The van der Waals surface area contributed by atoms with Crippen LogP contribution in [0.2, 0.25) is 0 Å². The van der Waals surface area contributed by atoms with Gasteiger partial charge in [0.05, 0.1) is 11.7 Å². The van der Waals surface area contributed by atoms with Crippen LogP contribution in [0, 0.1) is 19.8 Å². The molecule has 0 aliphatic heterocycles. The standard InChI is InChI=1S/C17H21N5O2/c1-10(2)9-13(16-20-19-14-7-5-6-8-22(14)16)18-17(23)15-11(3)21-24-12(15)4/h5-8,10,13H,9H2,1-4H3,(H,18,23). The van der Waals surface area contributed by atoms with Crippen molar-refractivity contribution in [1.29, 1.82) is 0 Å². The van der Waals surface area contributed by atoms with Crippen molar-refractivity contribution < 1.29 is 9.32 Å². The normalized spacial score (nSPS) is 12.7. The fourth-order valence-electron chi connectivity index (χ4n) is 2.84.